The van der Waals surface area contributed by atoms with E-state index in [-0.39, 0.29) is 5.91 Å². The second-order valence-electron chi connectivity index (χ2n) is 7.15. The van der Waals surface area contributed by atoms with Crippen LogP contribution in [0.3, 0.4) is 0 Å². The lowest BCUT2D eigenvalue weighted by molar-refractivity contribution is 0.102. The predicted molar refractivity (Wildman–Crippen MR) is 131 cm³/mol. The molecule has 154 valence electrons. The summed E-state index contributed by atoms with van der Waals surface area (Å²) in [6, 6.07) is 17.0. The summed E-state index contributed by atoms with van der Waals surface area (Å²) in [7, 11) is 0. The molecule has 0 spiro atoms. The fraction of sp³-hybridized carbons (Fsp3) is 0.217. The molecule has 0 unspecified atom stereocenters. The van der Waals surface area contributed by atoms with Gasteiger partial charge in [0.25, 0.3) is 5.91 Å². The zero-order chi connectivity index (χ0) is 20.9. The van der Waals surface area contributed by atoms with E-state index in [1.807, 2.05) is 42.5 Å². The third-order valence-electron chi connectivity index (χ3n) is 5.03. The number of anilines is 3. The van der Waals surface area contributed by atoms with Gasteiger partial charge in [-0.2, -0.15) is 0 Å². The number of carbonyl (C=O) groups is 1. The minimum absolute atomic E-state index is 0.160. The first-order valence-corrected chi connectivity index (χ1v) is 11.6. The maximum absolute atomic E-state index is 13.3. The zero-order valence-corrected chi connectivity index (χ0v) is 18.7. The van der Waals surface area contributed by atoms with Gasteiger partial charge >= 0.3 is 0 Å². The molecule has 4 nitrogen and oxygen atoms in total. The van der Waals surface area contributed by atoms with Gasteiger partial charge in [0.05, 0.1) is 16.3 Å². The van der Waals surface area contributed by atoms with E-state index in [0.717, 1.165) is 41.9 Å². The topological polar surface area (TPSA) is 53.2 Å². The zero-order valence-electron chi connectivity index (χ0n) is 16.3. The molecule has 1 aliphatic rings. The van der Waals surface area contributed by atoms with Gasteiger partial charge < -0.3 is 16.0 Å². The van der Waals surface area contributed by atoms with Crippen LogP contribution in [0.1, 0.15) is 40.1 Å². The number of rotatable bonds is 4. The smallest absolute Gasteiger partial charge is 0.258 e. The average Bonchev–Trinajstić information content (AvgIpc) is 2.90. The van der Waals surface area contributed by atoms with E-state index < -0.39 is 0 Å². The molecule has 1 aliphatic carbocycles. The molecule has 0 aliphatic heterocycles. The molecule has 30 heavy (non-hydrogen) atoms. The van der Waals surface area contributed by atoms with Crippen molar-refractivity contribution in [2.24, 2.45) is 0 Å². The van der Waals surface area contributed by atoms with Crippen LogP contribution in [-0.2, 0) is 12.8 Å². The Labute approximate surface area is 190 Å². The summed E-state index contributed by atoms with van der Waals surface area (Å²) < 4.78 is 0. The van der Waals surface area contributed by atoms with E-state index in [2.05, 4.69) is 16.0 Å². The number of amides is 1. The Kier molecular flexibility index (Phi) is 6.67. The van der Waals surface area contributed by atoms with Crippen LogP contribution in [0.25, 0.3) is 0 Å². The van der Waals surface area contributed by atoms with Crippen LogP contribution in [0, 0.1) is 0 Å². The van der Waals surface area contributed by atoms with E-state index >= 15 is 0 Å². The van der Waals surface area contributed by atoms with Crippen molar-refractivity contribution in [3.8, 4) is 0 Å². The maximum Gasteiger partial charge on any atom is 0.258 e. The molecule has 0 saturated heterocycles. The molecule has 0 atom stereocenters. The minimum atomic E-state index is -0.160. The number of benzene rings is 2. The Hall–Kier alpha value is -2.41. The molecule has 0 fully saturated rings. The Morgan fingerprint density at radius 2 is 1.63 bits per heavy atom. The van der Waals surface area contributed by atoms with Gasteiger partial charge in [0.15, 0.2) is 5.11 Å². The average molecular weight is 456 g/mol. The van der Waals surface area contributed by atoms with Crippen molar-refractivity contribution in [2.75, 3.05) is 16.0 Å². The van der Waals surface area contributed by atoms with Crippen LogP contribution in [-0.4, -0.2) is 11.0 Å². The van der Waals surface area contributed by atoms with Gasteiger partial charge in [0.1, 0.15) is 5.00 Å². The minimum Gasteiger partial charge on any atom is -0.332 e. The van der Waals surface area contributed by atoms with Crippen LogP contribution in [0.2, 0.25) is 5.02 Å². The Balaban J connectivity index is 1.62. The Morgan fingerprint density at radius 3 is 2.43 bits per heavy atom. The molecule has 4 rings (SSSR count). The highest BCUT2D eigenvalue weighted by Crippen LogP contribution is 2.38. The third-order valence-corrected chi connectivity index (χ3v) is 6.77. The molecule has 0 saturated carbocycles. The molecule has 1 amide bonds. The van der Waals surface area contributed by atoms with E-state index in [1.54, 1.807) is 23.5 Å². The number of carbonyl (C=O) groups excluding carboxylic acids is 1. The van der Waals surface area contributed by atoms with Crippen LogP contribution >= 0.6 is 35.2 Å². The van der Waals surface area contributed by atoms with E-state index in [0.29, 0.717) is 21.4 Å². The van der Waals surface area contributed by atoms with Gasteiger partial charge in [0, 0.05) is 10.6 Å². The summed E-state index contributed by atoms with van der Waals surface area (Å²) in [6.45, 7) is 0. The summed E-state index contributed by atoms with van der Waals surface area (Å²) in [5.74, 6) is -0.160. The number of aryl methyl sites for hydroxylation is 1. The van der Waals surface area contributed by atoms with Crippen molar-refractivity contribution < 1.29 is 4.79 Å². The van der Waals surface area contributed by atoms with Crippen LogP contribution in [0.15, 0.2) is 54.6 Å². The number of fused-ring (bicyclic) bond motifs is 1. The number of hydrogen-bond donors (Lipinski definition) is 3. The second kappa shape index (κ2) is 9.60. The molecule has 1 aromatic heterocycles. The summed E-state index contributed by atoms with van der Waals surface area (Å²) >= 11 is 13.4. The first kappa shape index (κ1) is 20.8. The maximum atomic E-state index is 13.3. The van der Waals surface area contributed by atoms with Gasteiger partial charge in [0.2, 0.25) is 0 Å². The monoisotopic (exact) mass is 455 g/mol. The van der Waals surface area contributed by atoms with Crippen molar-refractivity contribution in [2.45, 2.75) is 32.1 Å². The van der Waals surface area contributed by atoms with Crippen LogP contribution in [0.5, 0.6) is 0 Å². The fourth-order valence-corrected chi connectivity index (χ4v) is 5.36. The van der Waals surface area contributed by atoms with Crippen LogP contribution in [0.4, 0.5) is 16.4 Å². The quantitative estimate of drug-likeness (QED) is 0.301. The first-order valence-electron chi connectivity index (χ1n) is 9.95. The van der Waals surface area contributed by atoms with Crippen molar-refractivity contribution >= 4 is 62.6 Å². The van der Waals surface area contributed by atoms with Crippen LogP contribution < -0.4 is 16.0 Å². The number of hydrogen-bond acceptors (Lipinski definition) is 3. The summed E-state index contributed by atoms with van der Waals surface area (Å²) in [5, 5.41) is 11.2. The molecule has 3 N–H and O–H groups in total. The summed E-state index contributed by atoms with van der Waals surface area (Å²) in [6.07, 6.45) is 5.31. The second-order valence-corrected chi connectivity index (χ2v) is 9.07. The van der Waals surface area contributed by atoms with Crippen molar-refractivity contribution in [1.82, 2.24) is 0 Å². The van der Waals surface area contributed by atoms with Gasteiger partial charge in [-0.25, -0.2) is 0 Å². The Bertz CT molecular complexity index is 1070. The fourth-order valence-electron chi connectivity index (χ4n) is 3.61. The van der Waals surface area contributed by atoms with Crippen molar-refractivity contribution in [1.29, 1.82) is 0 Å². The molecular weight excluding hydrogens is 434 g/mol. The van der Waals surface area contributed by atoms with E-state index in [9.17, 15) is 4.79 Å². The lowest BCUT2D eigenvalue weighted by Crippen LogP contribution is -2.21. The lowest BCUT2D eigenvalue weighted by atomic mass is 10.0. The summed E-state index contributed by atoms with van der Waals surface area (Å²) in [5.41, 5.74) is 3.31. The number of para-hydroxylation sites is 2. The highest BCUT2D eigenvalue weighted by atomic mass is 35.5. The molecular formula is C23H22ClN3OS2. The molecule has 1 heterocycles. The highest BCUT2D eigenvalue weighted by Gasteiger charge is 2.25. The van der Waals surface area contributed by atoms with Crippen molar-refractivity contribution in [3.05, 3.63) is 75.6 Å². The molecule has 3 aromatic rings. The standard InChI is InChI=1S/C23H22ClN3OS2/c24-17-12-7-8-13-18(17)26-21(28)20-16-11-5-2-6-14-19(16)30-22(20)27-23(29)25-15-9-3-1-4-10-15/h1,3-4,7-10,12-13H,2,5-6,11,14H2,(H,26,28)(H2,25,27,29). The number of thiophene rings is 1. The Morgan fingerprint density at radius 1 is 0.900 bits per heavy atom. The van der Waals surface area contributed by atoms with Gasteiger partial charge in [-0.3, -0.25) is 4.79 Å². The number of thiocarbonyl (C=S) groups is 1. The lowest BCUT2D eigenvalue weighted by Gasteiger charge is -2.13. The van der Waals surface area contributed by atoms with Crippen molar-refractivity contribution in [3.63, 3.8) is 0 Å². The third kappa shape index (κ3) is 4.83. The molecule has 0 radical (unpaired) electrons. The molecule has 2 aromatic carbocycles. The SMILES string of the molecule is O=C(Nc1ccccc1Cl)c1c(NC(=S)Nc2ccccc2)sc2c1CCCCC2. The van der Waals surface area contributed by atoms with Gasteiger partial charge in [-0.1, -0.05) is 48.4 Å². The normalized spacial score (nSPS) is 13.1. The first-order chi connectivity index (χ1) is 14.6. The molecule has 7 heteroatoms. The van der Waals surface area contributed by atoms with Gasteiger partial charge in [-0.05, 0) is 67.7 Å². The summed E-state index contributed by atoms with van der Waals surface area (Å²) in [4.78, 5) is 14.6. The largest absolute Gasteiger partial charge is 0.332 e. The van der Waals surface area contributed by atoms with Gasteiger partial charge in [-0.15, -0.1) is 11.3 Å². The molecule has 0 bridgehead atoms. The van der Waals surface area contributed by atoms with E-state index in [4.69, 9.17) is 23.8 Å². The number of nitrogens with one attached hydrogen (secondary N) is 3. The number of halogens is 1. The predicted octanol–water partition coefficient (Wildman–Crippen LogP) is 6.73. The van der Waals surface area contributed by atoms with E-state index in [1.165, 1.54) is 11.3 Å². The highest BCUT2D eigenvalue weighted by molar-refractivity contribution is 7.80.